The van der Waals surface area contributed by atoms with Crippen LogP contribution in [-0.4, -0.2) is 48.1 Å². The lowest BCUT2D eigenvalue weighted by atomic mass is 9.95. The van der Waals surface area contributed by atoms with E-state index in [2.05, 4.69) is 0 Å². The Hall–Kier alpha value is -2.64. The van der Waals surface area contributed by atoms with E-state index in [1.807, 2.05) is 38.3 Å². The molecule has 2 fully saturated rings. The summed E-state index contributed by atoms with van der Waals surface area (Å²) in [6, 6.07) is 5.05. The summed E-state index contributed by atoms with van der Waals surface area (Å²) >= 11 is 1.48. The van der Waals surface area contributed by atoms with Gasteiger partial charge in [0.2, 0.25) is 0 Å². The minimum atomic E-state index is -0.672. The largest absolute Gasteiger partial charge is 0.507 e. The van der Waals surface area contributed by atoms with Crippen LogP contribution in [0.25, 0.3) is 5.76 Å². The Labute approximate surface area is 186 Å². The third-order valence-corrected chi connectivity index (χ3v) is 7.06. The highest BCUT2D eigenvalue weighted by molar-refractivity contribution is 7.10. The fourth-order valence-corrected chi connectivity index (χ4v) is 5.61. The standard InChI is InChI=1S/C24H27NO5S/c1-13-10-15(3)22(29-4)17(11-13)20(26)18-19(23-14(2)7-9-31-23)25(24(28)21(18)27)12-16-6-5-8-30-16/h7,9-11,16,19,26H,5-6,8,12H2,1-4H3/b20-18+. The zero-order valence-corrected chi connectivity index (χ0v) is 19.0. The molecule has 0 saturated carbocycles. The Morgan fingerprint density at radius 2 is 2.03 bits per heavy atom. The average Bonchev–Trinajstić information content (AvgIpc) is 3.44. The van der Waals surface area contributed by atoms with Crippen LogP contribution in [0.3, 0.4) is 0 Å². The molecule has 2 aliphatic heterocycles. The zero-order valence-electron chi connectivity index (χ0n) is 18.2. The fourth-order valence-electron chi connectivity index (χ4n) is 4.56. The van der Waals surface area contributed by atoms with Crippen molar-refractivity contribution in [3.05, 3.63) is 56.3 Å². The first-order valence-electron chi connectivity index (χ1n) is 10.4. The van der Waals surface area contributed by atoms with Crippen LogP contribution in [-0.2, 0) is 14.3 Å². The summed E-state index contributed by atoms with van der Waals surface area (Å²) in [6.45, 7) is 6.75. The van der Waals surface area contributed by atoms with Gasteiger partial charge in [-0.25, -0.2) is 0 Å². The smallest absolute Gasteiger partial charge is 0.295 e. The normalized spacial score (nSPS) is 23.0. The molecule has 1 N–H and O–H groups in total. The molecule has 4 rings (SSSR count). The van der Waals surface area contributed by atoms with Crippen molar-refractivity contribution >= 4 is 28.8 Å². The van der Waals surface area contributed by atoms with Crippen LogP contribution in [0.4, 0.5) is 0 Å². The van der Waals surface area contributed by atoms with Gasteiger partial charge >= 0.3 is 0 Å². The van der Waals surface area contributed by atoms with Crippen LogP contribution in [0, 0.1) is 20.8 Å². The lowest BCUT2D eigenvalue weighted by molar-refractivity contribution is -0.140. The highest BCUT2D eigenvalue weighted by atomic mass is 32.1. The van der Waals surface area contributed by atoms with Gasteiger partial charge in [0.05, 0.1) is 30.4 Å². The van der Waals surface area contributed by atoms with E-state index in [1.54, 1.807) is 11.0 Å². The third-order valence-electron chi connectivity index (χ3n) is 5.99. The van der Waals surface area contributed by atoms with Gasteiger partial charge in [0, 0.05) is 18.0 Å². The van der Waals surface area contributed by atoms with Gasteiger partial charge in [-0.3, -0.25) is 9.59 Å². The Balaban J connectivity index is 1.89. The number of hydrogen-bond donors (Lipinski definition) is 1. The maximum absolute atomic E-state index is 13.2. The number of amides is 1. The number of aryl methyl sites for hydroxylation is 3. The predicted molar refractivity (Wildman–Crippen MR) is 120 cm³/mol. The lowest BCUT2D eigenvalue weighted by Crippen LogP contribution is -2.36. The van der Waals surface area contributed by atoms with Gasteiger partial charge in [-0.2, -0.15) is 0 Å². The van der Waals surface area contributed by atoms with Crippen LogP contribution >= 0.6 is 11.3 Å². The first kappa shape index (κ1) is 21.6. The summed E-state index contributed by atoms with van der Waals surface area (Å²) in [6.07, 6.45) is 1.69. The molecule has 7 heteroatoms. The monoisotopic (exact) mass is 441 g/mol. The molecule has 2 atom stereocenters. The molecule has 0 radical (unpaired) electrons. The molecule has 3 heterocycles. The molecule has 1 amide bonds. The van der Waals surface area contributed by atoms with Gasteiger partial charge in [0.1, 0.15) is 11.5 Å². The number of benzene rings is 1. The van der Waals surface area contributed by atoms with E-state index in [-0.39, 0.29) is 17.4 Å². The number of Topliss-reactive ketones (excluding diaryl/α,β-unsaturated/α-hetero) is 1. The zero-order chi connectivity index (χ0) is 22.3. The van der Waals surface area contributed by atoms with E-state index >= 15 is 0 Å². The summed E-state index contributed by atoms with van der Waals surface area (Å²) in [7, 11) is 1.53. The van der Waals surface area contributed by atoms with E-state index in [0.717, 1.165) is 34.4 Å². The average molecular weight is 442 g/mol. The van der Waals surface area contributed by atoms with Gasteiger partial charge < -0.3 is 19.5 Å². The second kappa shape index (κ2) is 8.48. The summed E-state index contributed by atoms with van der Waals surface area (Å²) in [5.41, 5.74) is 3.29. The number of hydrogen-bond acceptors (Lipinski definition) is 6. The minimum Gasteiger partial charge on any atom is -0.507 e. The van der Waals surface area contributed by atoms with Gasteiger partial charge in [-0.1, -0.05) is 6.07 Å². The van der Waals surface area contributed by atoms with Crippen molar-refractivity contribution in [1.29, 1.82) is 0 Å². The molecule has 0 spiro atoms. The van der Waals surface area contributed by atoms with E-state index in [9.17, 15) is 14.7 Å². The number of thiophene rings is 1. The number of ether oxygens (including phenoxy) is 2. The van der Waals surface area contributed by atoms with Crippen LogP contribution in [0.1, 0.15) is 46.0 Å². The Morgan fingerprint density at radius 1 is 1.26 bits per heavy atom. The maximum Gasteiger partial charge on any atom is 0.295 e. The van der Waals surface area contributed by atoms with Crippen molar-refractivity contribution in [3.63, 3.8) is 0 Å². The number of ketones is 1. The van der Waals surface area contributed by atoms with Gasteiger partial charge in [0.15, 0.2) is 0 Å². The molecule has 2 aliphatic rings. The Bertz CT molecular complexity index is 1060. The second-order valence-electron chi connectivity index (χ2n) is 8.22. The second-order valence-corrected chi connectivity index (χ2v) is 9.16. The molecule has 2 aromatic rings. The molecular weight excluding hydrogens is 414 g/mol. The SMILES string of the molecule is COc1c(C)cc(C)cc1/C(O)=C1\C(=O)C(=O)N(CC2CCCO2)C1c1sccc1C. The first-order valence-corrected chi connectivity index (χ1v) is 11.3. The number of aliphatic hydroxyl groups is 1. The fraction of sp³-hybridized carbons (Fsp3) is 0.417. The van der Waals surface area contributed by atoms with Crippen LogP contribution in [0.5, 0.6) is 5.75 Å². The molecule has 31 heavy (non-hydrogen) atoms. The van der Waals surface area contributed by atoms with E-state index in [4.69, 9.17) is 9.47 Å². The van der Waals surface area contributed by atoms with Crippen molar-refractivity contribution in [2.75, 3.05) is 20.3 Å². The Kier molecular flexibility index (Phi) is 5.90. The number of carbonyl (C=O) groups excluding carboxylic acids is 2. The molecule has 1 aromatic carbocycles. The van der Waals surface area contributed by atoms with Crippen molar-refractivity contribution in [3.8, 4) is 5.75 Å². The molecule has 2 unspecified atom stereocenters. The predicted octanol–water partition coefficient (Wildman–Crippen LogP) is 4.28. The van der Waals surface area contributed by atoms with Gasteiger partial charge in [0.25, 0.3) is 11.7 Å². The number of methoxy groups -OCH3 is 1. The molecule has 2 saturated heterocycles. The van der Waals surface area contributed by atoms with Crippen molar-refractivity contribution in [2.45, 2.75) is 45.8 Å². The molecular formula is C24H27NO5S. The minimum absolute atomic E-state index is 0.100. The number of aliphatic hydroxyl groups excluding tert-OH is 1. The summed E-state index contributed by atoms with van der Waals surface area (Å²) in [5.74, 6) is -0.975. The summed E-state index contributed by atoms with van der Waals surface area (Å²) < 4.78 is 11.3. The molecule has 1 aromatic heterocycles. The van der Waals surface area contributed by atoms with Crippen LogP contribution in [0.2, 0.25) is 0 Å². The topological polar surface area (TPSA) is 76.1 Å². The highest BCUT2D eigenvalue weighted by Crippen LogP contribution is 2.44. The van der Waals surface area contributed by atoms with E-state index < -0.39 is 17.7 Å². The molecule has 6 nitrogen and oxygen atoms in total. The van der Waals surface area contributed by atoms with E-state index in [1.165, 1.54) is 18.4 Å². The number of rotatable bonds is 5. The summed E-state index contributed by atoms with van der Waals surface area (Å²) in [5, 5.41) is 13.3. The number of likely N-dealkylation sites (tertiary alicyclic amines) is 1. The van der Waals surface area contributed by atoms with E-state index in [0.29, 0.717) is 24.5 Å². The molecule has 164 valence electrons. The van der Waals surface area contributed by atoms with Crippen molar-refractivity contribution < 1.29 is 24.2 Å². The summed E-state index contributed by atoms with van der Waals surface area (Å²) in [4.78, 5) is 28.7. The number of carbonyl (C=O) groups is 2. The number of nitrogens with zero attached hydrogens (tertiary/aromatic N) is 1. The maximum atomic E-state index is 13.2. The quantitative estimate of drug-likeness (QED) is 0.426. The molecule has 0 aliphatic carbocycles. The van der Waals surface area contributed by atoms with Crippen molar-refractivity contribution in [2.24, 2.45) is 0 Å². The van der Waals surface area contributed by atoms with Crippen LogP contribution in [0.15, 0.2) is 29.2 Å². The van der Waals surface area contributed by atoms with Gasteiger partial charge in [-0.05, 0) is 67.8 Å². The molecule has 0 bridgehead atoms. The third kappa shape index (κ3) is 3.77. The van der Waals surface area contributed by atoms with Crippen molar-refractivity contribution in [1.82, 2.24) is 4.90 Å². The van der Waals surface area contributed by atoms with Crippen LogP contribution < -0.4 is 4.74 Å². The Morgan fingerprint density at radius 3 is 2.65 bits per heavy atom. The highest BCUT2D eigenvalue weighted by Gasteiger charge is 2.48. The van der Waals surface area contributed by atoms with Gasteiger partial charge in [-0.15, -0.1) is 11.3 Å². The lowest BCUT2D eigenvalue weighted by Gasteiger charge is -2.27. The first-order chi connectivity index (χ1) is 14.8.